The molecule has 1 N–H and O–H groups in total. The lowest BCUT2D eigenvalue weighted by Crippen LogP contribution is -2.29. The van der Waals surface area contributed by atoms with Crippen molar-refractivity contribution in [3.05, 3.63) is 29.3 Å². The molecular weight excluding hydrogens is 214 g/mol. The summed E-state index contributed by atoms with van der Waals surface area (Å²) in [5, 5.41) is 10.0. The Kier molecular flexibility index (Phi) is 4.02. The Morgan fingerprint density at radius 2 is 2.12 bits per heavy atom. The Bertz CT molecular complexity index is 370. The minimum Gasteiger partial charge on any atom is -0.508 e. The van der Waals surface area contributed by atoms with E-state index in [1.54, 1.807) is 0 Å². The number of aryl methyl sites for hydroxylation is 1. The highest BCUT2D eigenvalue weighted by molar-refractivity contribution is 5.37. The first-order chi connectivity index (χ1) is 8.18. The number of hydrogen-bond acceptors (Lipinski definition) is 3. The van der Waals surface area contributed by atoms with Crippen molar-refractivity contribution in [3.8, 4) is 5.75 Å². The van der Waals surface area contributed by atoms with Gasteiger partial charge in [-0.05, 0) is 31.9 Å². The summed E-state index contributed by atoms with van der Waals surface area (Å²) >= 11 is 0. The van der Waals surface area contributed by atoms with Crippen molar-refractivity contribution >= 4 is 0 Å². The summed E-state index contributed by atoms with van der Waals surface area (Å²) in [7, 11) is 0. The van der Waals surface area contributed by atoms with E-state index in [-0.39, 0.29) is 6.04 Å². The number of phenolic OH excluding ortho intramolecular Hbond substituents is 1. The third-order valence-electron chi connectivity index (χ3n) is 3.44. The van der Waals surface area contributed by atoms with Gasteiger partial charge in [-0.2, -0.15) is 0 Å². The molecule has 94 valence electrons. The van der Waals surface area contributed by atoms with Gasteiger partial charge in [0.05, 0.1) is 6.61 Å². The van der Waals surface area contributed by atoms with Crippen molar-refractivity contribution in [2.24, 2.45) is 0 Å². The number of rotatable bonds is 2. The normalized spacial score (nSPS) is 19.9. The van der Waals surface area contributed by atoms with Gasteiger partial charge in [0, 0.05) is 31.3 Å². The quantitative estimate of drug-likeness (QED) is 0.855. The Balaban J connectivity index is 2.14. The van der Waals surface area contributed by atoms with Crippen LogP contribution >= 0.6 is 0 Å². The number of hydrogen-bond donors (Lipinski definition) is 1. The largest absolute Gasteiger partial charge is 0.508 e. The predicted molar refractivity (Wildman–Crippen MR) is 68.3 cm³/mol. The minimum atomic E-state index is 0.247. The second-order valence-electron chi connectivity index (χ2n) is 4.74. The predicted octanol–water partition coefficient (Wildman–Crippen LogP) is 2.48. The number of benzene rings is 1. The third kappa shape index (κ3) is 2.99. The van der Waals surface area contributed by atoms with Crippen LogP contribution < -0.4 is 0 Å². The van der Waals surface area contributed by atoms with E-state index < -0.39 is 0 Å². The van der Waals surface area contributed by atoms with Gasteiger partial charge in [-0.15, -0.1) is 0 Å². The molecular formula is C14H21NO2. The lowest BCUT2D eigenvalue weighted by Gasteiger charge is -2.27. The molecule has 1 aromatic rings. The molecule has 3 nitrogen and oxygen atoms in total. The molecule has 1 saturated heterocycles. The van der Waals surface area contributed by atoms with Gasteiger partial charge in [0.1, 0.15) is 5.75 Å². The summed E-state index contributed by atoms with van der Waals surface area (Å²) in [5.41, 5.74) is 2.11. The zero-order chi connectivity index (χ0) is 12.3. The van der Waals surface area contributed by atoms with Gasteiger partial charge in [0.25, 0.3) is 0 Å². The molecule has 0 saturated carbocycles. The van der Waals surface area contributed by atoms with Crippen molar-refractivity contribution in [1.29, 1.82) is 0 Å². The van der Waals surface area contributed by atoms with E-state index in [2.05, 4.69) is 17.9 Å². The molecule has 1 aliphatic heterocycles. The van der Waals surface area contributed by atoms with Gasteiger partial charge >= 0.3 is 0 Å². The van der Waals surface area contributed by atoms with Crippen LogP contribution in [0.5, 0.6) is 5.75 Å². The van der Waals surface area contributed by atoms with Crippen LogP contribution in [0.2, 0.25) is 0 Å². The van der Waals surface area contributed by atoms with Gasteiger partial charge in [-0.1, -0.05) is 12.1 Å². The number of phenols is 1. The Labute approximate surface area is 103 Å². The molecule has 1 heterocycles. The first-order valence-corrected chi connectivity index (χ1v) is 6.30. The maximum absolute atomic E-state index is 10.0. The van der Waals surface area contributed by atoms with Gasteiger partial charge in [-0.25, -0.2) is 0 Å². The van der Waals surface area contributed by atoms with E-state index >= 15 is 0 Å². The van der Waals surface area contributed by atoms with Crippen LogP contribution in [0.4, 0.5) is 0 Å². The fraction of sp³-hybridized carbons (Fsp3) is 0.571. The Morgan fingerprint density at radius 3 is 2.88 bits per heavy atom. The summed E-state index contributed by atoms with van der Waals surface area (Å²) in [5.74, 6) is 0.405. The summed E-state index contributed by atoms with van der Waals surface area (Å²) < 4.78 is 5.46. The van der Waals surface area contributed by atoms with Crippen LogP contribution in [0.15, 0.2) is 18.2 Å². The molecule has 1 aliphatic rings. The maximum atomic E-state index is 10.0. The molecule has 0 spiro atoms. The van der Waals surface area contributed by atoms with Crippen molar-refractivity contribution in [3.63, 3.8) is 0 Å². The van der Waals surface area contributed by atoms with Gasteiger partial charge in [0.2, 0.25) is 0 Å². The first-order valence-electron chi connectivity index (χ1n) is 6.30. The molecule has 3 heteroatoms. The lowest BCUT2D eigenvalue weighted by molar-refractivity contribution is 0.133. The monoisotopic (exact) mass is 235 g/mol. The fourth-order valence-corrected chi connectivity index (χ4v) is 2.36. The molecule has 2 rings (SSSR count). The van der Waals surface area contributed by atoms with E-state index in [9.17, 15) is 5.11 Å². The molecule has 0 aromatic heterocycles. The molecule has 1 atom stereocenters. The van der Waals surface area contributed by atoms with Gasteiger partial charge in [0.15, 0.2) is 0 Å². The van der Waals surface area contributed by atoms with Crippen molar-refractivity contribution in [2.45, 2.75) is 26.3 Å². The fourth-order valence-electron chi connectivity index (χ4n) is 2.36. The highest BCUT2D eigenvalue weighted by atomic mass is 16.5. The highest BCUT2D eigenvalue weighted by Crippen LogP contribution is 2.29. The van der Waals surface area contributed by atoms with Crippen LogP contribution in [-0.2, 0) is 4.74 Å². The second kappa shape index (κ2) is 5.52. The summed E-state index contributed by atoms with van der Waals surface area (Å²) in [6, 6.07) is 6.17. The second-order valence-corrected chi connectivity index (χ2v) is 4.74. The van der Waals surface area contributed by atoms with Crippen LogP contribution in [0.1, 0.15) is 30.5 Å². The lowest BCUT2D eigenvalue weighted by atomic mass is 10.0. The zero-order valence-electron chi connectivity index (χ0n) is 10.6. The van der Waals surface area contributed by atoms with Gasteiger partial charge < -0.3 is 9.84 Å². The zero-order valence-corrected chi connectivity index (χ0v) is 10.6. The van der Waals surface area contributed by atoms with Crippen molar-refractivity contribution in [2.75, 3.05) is 26.3 Å². The molecule has 1 aromatic carbocycles. The third-order valence-corrected chi connectivity index (χ3v) is 3.44. The van der Waals surface area contributed by atoms with Crippen LogP contribution in [0.25, 0.3) is 0 Å². The molecule has 1 fully saturated rings. The van der Waals surface area contributed by atoms with E-state index in [0.717, 1.165) is 43.9 Å². The highest BCUT2D eigenvalue weighted by Gasteiger charge is 2.19. The van der Waals surface area contributed by atoms with Gasteiger partial charge in [-0.3, -0.25) is 4.90 Å². The topological polar surface area (TPSA) is 32.7 Å². The standard InChI is InChI=1S/C14H21NO2/c1-11-4-5-13(14(16)10-11)12(2)15-6-3-8-17-9-7-15/h4-5,10,12,16H,3,6-9H2,1-2H3. The van der Waals surface area contributed by atoms with E-state index in [1.807, 2.05) is 19.1 Å². The summed E-state index contributed by atoms with van der Waals surface area (Å²) in [4.78, 5) is 2.37. The molecule has 0 bridgehead atoms. The summed E-state index contributed by atoms with van der Waals surface area (Å²) in [6.45, 7) is 7.76. The molecule has 1 unspecified atom stereocenters. The number of ether oxygens (including phenoxy) is 1. The van der Waals surface area contributed by atoms with Crippen LogP contribution in [0.3, 0.4) is 0 Å². The number of nitrogens with zero attached hydrogens (tertiary/aromatic N) is 1. The average molecular weight is 235 g/mol. The van der Waals surface area contributed by atoms with Crippen LogP contribution in [-0.4, -0.2) is 36.3 Å². The van der Waals surface area contributed by atoms with E-state index in [0.29, 0.717) is 5.75 Å². The molecule has 0 radical (unpaired) electrons. The molecule has 0 amide bonds. The van der Waals surface area contributed by atoms with Crippen LogP contribution in [0, 0.1) is 6.92 Å². The number of aromatic hydroxyl groups is 1. The first kappa shape index (κ1) is 12.4. The Hall–Kier alpha value is -1.06. The van der Waals surface area contributed by atoms with Crippen molar-refractivity contribution in [1.82, 2.24) is 4.90 Å². The molecule has 0 aliphatic carbocycles. The van der Waals surface area contributed by atoms with E-state index in [4.69, 9.17) is 4.74 Å². The maximum Gasteiger partial charge on any atom is 0.120 e. The summed E-state index contributed by atoms with van der Waals surface area (Å²) in [6.07, 6.45) is 1.07. The average Bonchev–Trinajstić information content (AvgIpc) is 2.56. The minimum absolute atomic E-state index is 0.247. The molecule has 17 heavy (non-hydrogen) atoms. The SMILES string of the molecule is Cc1ccc(C(C)N2CCCOCC2)c(O)c1. The Morgan fingerprint density at radius 1 is 1.29 bits per heavy atom. The van der Waals surface area contributed by atoms with Crippen molar-refractivity contribution < 1.29 is 9.84 Å². The van der Waals surface area contributed by atoms with E-state index in [1.165, 1.54) is 0 Å². The smallest absolute Gasteiger partial charge is 0.120 e.